The number of rotatable bonds is 2. The van der Waals surface area contributed by atoms with Gasteiger partial charge in [0.1, 0.15) is 17.2 Å². The zero-order chi connectivity index (χ0) is 22.9. The van der Waals surface area contributed by atoms with Crippen LogP contribution in [-0.2, 0) is 6.18 Å². The Bertz CT molecular complexity index is 1140. The predicted molar refractivity (Wildman–Crippen MR) is 120 cm³/mol. The van der Waals surface area contributed by atoms with Gasteiger partial charge < -0.3 is 16.0 Å². The number of anilines is 2. The van der Waals surface area contributed by atoms with Gasteiger partial charge >= 0.3 is 6.18 Å². The van der Waals surface area contributed by atoms with Crippen LogP contribution in [0.2, 0.25) is 0 Å². The van der Waals surface area contributed by atoms with Gasteiger partial charge in [-0.2, -0.15) is 13.2 Å². The van der Waals surface area contributed by atoms with Gasteiger partial charge in [0.05, 0.1) is 5.56 Å². The SMILES string of the molecule is CC1\C=C(N[C@H]2Nc3cc(cc(C(F)(F)F)c3)C(=O)Nc3cccc2c3)/N=C(Cl)\C=C\C1. The molecule has 5 nitrogen and oxygen atoms in total. The van der Waals surface area contributed by atoms with E-state index < -0.39 is 23.8 Å². The van der Waals surface area contributed by atoms with Gasteiger partial charge in [0, 0.05) is 16.9 Å². The van der Waals surface area contributed by atoms with Crippen LogP contribution in [0.5, 0.6) is 0 Å². The Morgan fingerprint density at radius 2 is 1.97 bits per heavy atom. The summed E-state index contributed by atoms with van der Waals surface area (Å²) in [7, 11) is 0. The summed E-state index contributed by atoms with van der Waals surface area (Å²) >= 11 is 6.16. The van der Waals surface area contributed by atoms with Gasteiger partial charge in [0.15, 0.2) is 0 Å². The molecule has 0 radical (unpaired) electrons. The number of hydrogen-bond donors (Lipinski definition) is 3. The highest BCUT2D eigenvalue weighted by Gasteiger charge is 2.32. The summed E-state index contributed by atoms with van der Waals surface area (Å²) < 4.78 is 40.4. The number of alkyl halides is 3. The first-order valence-electron chi connectivity index (χ1n) is 9.96. The lowest BCUT2D eigenvalue weighted by Crippen LogP contribution is -2.29. The summed E-state index contributed by atoms with van der Waals surface area (Å²) in [5.41, 5.74) is 0.288. The van der Waals surface area contributed by atoms with Crippen molar-refractivity contribution in [3.63, 3.8) is 0 Å². The van der Waals surface area contributed by atoms with Crippen LogP contribution in [0.1, 0.15) is 41.0 Å². The number of allylic oxidation sites excluding steroid dienone is 3. The van der Waals surface area contributed by atoms with Gasteiger partial charge in [0.2, 0.25) is 0 Å². The minimum atomic E-state index is -4.60. The van der Waals surface area contributed by atoms with E-state index in [0.717, 1.165) is 18.6 Å². The van der Waals surface area contributed by atoms with Crippen molar-refractivity contribution in [2.75, 3.05) is 10.6 Å². The number of fused-ring (bicyclic) bond motifs is 4. The highest BCUT2D eigenvalue weighted by Crippen LogP contribution is 2.34. The van der Waals surface area contributed by atoms with Crippen LogP contribution in [0.4, 0.5) is 24.5 Å². The first-order chi connectivity index (χ1) is 15.2. The molecular formula is C23H20ClF3N4O. The number of benzene rings is 2. The summed E-state index contributed by atoms with van der Waals surface area (Å²) in [6.45, 7) is 2.02. The number of halogens is 4. The molecule has 0 aliphatic carbocycles. The molecule has 4 bridgehead atoms. The molecule has 2 aliphatic heterocycles. The summed E-state index contributed by atoms with van der Waals surface area (Å²) in [6.07, 6.45) is 1.08. The Kier molecular flexibility index (Phi) is 5.97. The third-order valence-corrected chi connectivity index (χ3v) is 5.25. The monoisotopic (exact) mass is 460 g/mol. The minimum absolute atomic E-state index is 0.0987. The van der Waals surface area contributed by atoms with Gasteiger partial charge in [-0.05, 0) is 60.4 Å². The summed E-state index contributed by atoms with van der Waals surface area (Å²) in [4.78, 5) is 16.9. The number of nitrogens with zero attached hydrogens (tertiary/aromatic N) is 1. The molecular weight excluding hydrogens is 441 g/mol. The molecule has 0 saturated heterocycles. The number of carbonyl (C=O) groups excluding carboxylic acids is 1. The topological polar surface area (TPSA) is 65.5 Å². The van der Waals surface area contributed by atoms with E-state index in [9.17, 15) is 18.0 Å². The van der Waals surface area contributed by atoms with E-state index in [1.807, 2.05) is 19.1 Å². The van der Waals surface area contributed by atoms with Crippen LogP contribution in [0.15, 0.2) is 71.5 Å². The predicted octanol–water partition coefficient (Wildman–Crippen LogP) is 6.05. The van der Waals surface area contributed by atoms with Crippen LogP contribution < -0.4 is 16.0 Å². The van der Waals surface area contributed by atoms with E-state index in [1.54, 1.807) is 30.3 Å². The smallest absolute Gasteiger partial charge is 0.362 e. The molecule has 0 spiro atoms. The molecule has 1 unspecified atom stereocenters. The lowest BCUT2D eigenvalue weighted by Gasteiger charge is -2.26. The lowest BCUT2D eigenvalue weighted by atomic mass is 10.0. The third kappa shape index (κ3) is 5.13. The number of carbonyl (C=O) groups is 1. The molecule has 2 aromatic carbocycles. The lowest BCUT2D eigenvalue weighted by molar-refractivity contribution is -0.137. The van der Waals surface area contributed by atoms with Crippen molar-refractivity contribution >= 4 is 34.1 Å². The zero-order valence-corrected chi connectivity index (χ0v) is 17.8. The summed E-state index contributed by atoms with van der Waals surface area (Å²) in [6, 6.07) is 10.2. The van der Waals surface area contributed by atoms with Gasteiger partial charge in [-0.25, -0.2) is 4.99 Å². The van der Waals surface area contributed by atoms with Crippen LogP contribution in [0.3, 0.4) is 0 Å². The Morgan fingerprint density at radius 3 is 2.75 bits per heavy atom. The van der Waals surface area contributed by atoms with E-state index in [0.29, 0.717) is 17.1 Å². The number of hydrogen-bond acceptors (Lipinski definition) is 4. The molecule has 2 heterocycles. The summed E-state index contributed by atoms with van der Waals surface area (Å²) in [5.74, 6) is 0.0399. The van der Waals surface area contributed by atoms with Crippen molar-refractivity contribution in [2.45, 2.75) is 25.7 Å². The van der Waals surface area contributed by atoms with E-state index in [4.69, 9.17) is 11.6 Å². The largest absolute Gasteiger partial charge is 0.416 e. The Hall–Kier alpha value is -3.26. The molecule has 2 aromatic rings. The van der Waals surface area contributed by atoms with Crippen molar-refractivity contribution in [3.05, 3.63) is 83.2 Å². The molecule has 2 aliphatic rings. The maximum atomic E-state index is 13.5. The second-order valence-electron chi connectivity index (χ2n) is 7.70. The fourth-order valence-electron chi connectivity index (χ4n) is 3.51. The van der Waals surface area contributed by atoms with E-state index in [1.165, 1.54) is 6.07 Å². The van der Waals surface area contributed by atoms with Crippen molar-refractivity contribution in [1.82, 2.24) is 5.32 Å². The van der Waals surface area contributed by atoms with Crippen molar-refractivity contribution in [3.8, 4) is 0 Å². The van der Waals surface area contributed by atoms with E-state index in [-0.39, 0.29) is 22.3 Å². The fourth-order valence-corrected chi connectivity index (χ4v) is 3.69. The Morgan fingerprint density at radius 1 is 1.16 bits per heavy atom. The maximum Gasteiger partial charge on any atom is 0.416 e. The zero-order valence-electron chi connectivity index (χ0n) is 17.0. The molecule has 0 aromatic heterocycles. The number of nitrogens with one attached hydrogen (secondary N) is 3. The van der Waals surface area contributed by atoms with Gasteiger partial charge in [-0.1, -0.05) is 36.7 Å². The van der Waals surface area contributed by atoms with Crippen LogP contribution in [-0.4, -0.2) is 11.1 Å². The molecule has 32 heavy (non-hydrogen) atoms. The normalized spacial score (nSPS) is 25.0. The first kappa shape index (κ1) is 22.0. The van der Waals surface area contributed by atoms with Crippen molar-refractivity contribution in [1.29, 1.82) is 0 Å². The molecule has 3 N–H and O–H groups in total. The average molecular weight is 461 g/mol. The minimum Gasteiger partial charge on any atom is -0.362 e. The highest BCUT2D eigenvalue weighted by molar-refractivity contribution is 6.68. The van der Waals surface area contributed by atoms with Crippen LogP contribution in [0.25, 0.3) is 0 Å². The molecule has 4 rings (SSSR count). The van der Waals surface area contributed by atoms with Crippen molar-refractivity contribution in [2.24, 2.45) is 10.9 Å². The molecule has 2 atom stereocenters. The standard InChI is InChI=1S/C23H20ClF3N4O/c1-13-4-2-7-19(24)30-20(8-13)31-21-14-5-3-6-17(10-14)29-22(32)15-9-16(23(25,26)27)12-18(11-15)28-21/h2-3,5-13,21,28,31H,4H2,1H3,(H,29,32)/b7-2+,20-8+,30-19+/t13?,21-/m1/s1. The average Bonchev–Trinajstić information content (AvgIpc) is 2.70. The molecule has 1 amide bonds. The summed E-state index contributed by atoms with van der Waals surface area (Å²) in [5, 5.41) is 9.27. The number of aliphatic imine (C=N–C) groups is 1. The number of amides is 1. The Balaban J connectivity index is 1.78. The fraction of sp³-hybridized carbons (Fsp3) is 0.217. The van der Waals surface area contributed by atoms with Crippen LogP contribution >= 0.6 is 11.6 Å². The molecule has 0 saturated carbocycles. The molecule has 9 heteroatoms. The van der Waals surface area contributed by atoms with E-state index in [2.05, 4.69) is 20.9 Å². The molecule has 0 fully saturated rings. The second-order valence-corrected chi connectivity index (χ2v) is 8.09. The highest BCUT2D eigenvalue weighted by atomic mass is 35.5. The first-order valence-corrected chi connectivity index (χ1v) is 10.3. The van der Waals surface area contributed by atoms with Gasteiger partial charge in [-0.3, -0.25) is 4.79 Å². The molecule has 166 valence electrons. The van der Waals surface area contributed by atoms with E-state index >= 15 is 0 Å². The quantitative estimate of drug-likeness (QED) is 0.511. The second kappa shape index (κ2) is 8.70. The van der Waals surface area contributed by atoms with Gasteiger partial charge in [-0.15, -0.1) is 0 Å². The van der Waals surface area contributed by atoms with Crippen molar-refractivity contribution < 1.29 is 18.0 Å². The third-order valence-electron chi connectivity index (χ3n) is 5.04. The van der Waals surface area contributed by atoms with Gasteiger partial charge in [0.25, 0.3) is 5.91 Å². The van der Waals surface area contributed by atoms with Crippen LogP contribution in [0, 0.1) is 5.92 Å². The Labute approximate surface area is 188 Å². The maximum absolute atomic E-state index is 13.5.